The van der Waals surface area contributed by atoms with Gasteiger partial charge in [0.25, 0.3) is 0 Å². The molecular formula is C16H21NO5S. The van der Waals surface area contributed by atoms with Gasteiger partial charge in [-0.1, -0.05) is 25.3 Å². The Bertz CT molecular complexity index is 690. The van der Waals surface area contributed by atoms with Crippen LogP contribution in [-0.2, 0) is 14.8 Å². The van der Waals surface area contributed by atoms with Crippen molar-refractivity contribution in [3.8, 4) is 5.75 Å². The number of carboxylic acids is 1. The highest BCUT2D eigenvalue weighted by molar-refractivity contribution is 7.89. The Morgan fingerprint density at radius 3 is 2.61 bits per heavy atom. The molecule has 0 atom stereocenters. The molecule has 0 bridgehead atoms. The van der Waals surface area contributed by atoms with E-state index in [0.717, 1.165) is 38.2 Å². The molecule has 1 saturated carbocycles. The van der Waals surface area contributed by atoms with Crippen molar-refractivity contribution in [2.24, 2.45) is 0 Å². The molecule has 6 nitrogen and oxygen atoms in total. The van der Waals surface area contributed by atoms with Crippen LogP contribution < -0.4 is 9.46 Å². The van der Waals surface area contributed by atoms with E-state index >= 15 is 0 Å². The van der Waals surface area contributed by atoms with Crippen LogP contribution in [0.25, 0.3) is 6.08 Å². The summed E-state index contributed by atoms with van der Waals surface area (Å²) >= 11 is 0. The highest BCUT2D eigenvalue weighted by Gasteiger charge is 2.24. The maximum Gasteiger partial charge on any atom is 0.328 e. The van der Waals surface area contributed by atoms with Gasteiger partial charge in [0.05, 0.1) is 7.11 Å². The monoisotopic (exact) mass is 339 g/mol. The highest BCUT2D eigenvalue weighted by Crippen LogP contribution is 2.27. The molecule has 0 radical (unpaired) electrons. The Hall–Kier alpha value is -1.86. The van der Waals surface area contributed by atoms with Crippen molar-refractivity contribution >= 4 is 22.1 Å². The summed E-state index contributed by atoms with van der Waals surface area (Å²) in [6.45, 7) is 0. The zero-order valence-corrected chi connectivity index (χ0v) is 13.8. The summed E-state index contributed by atoms with van der Waals surface area (Å²) in [5.74, 6) is -0.855. The average Bonchev–Trinajstić information content (AvgIpc) is 2.53. The van der Waals surface area contributed by atoms with E-state index in [2.05, 4.69) is 4.72 Å². The largest absolute Gasteiger partial charge is 0.495 e. The Labute approximate surface area is 136 Å². The van der Waals surface area contributed by atoms with E-state index < -0.39 is 16.0 Å². The molecule has 0 aliphatic heterocycles. The molecule has 0 aromatic heterocycles. The lowest BCUT2D eigenvalue weighted by Crippen LogP contribution is -2.36. The van der Waals surface area contributed by atoms with Crippen LogP contribution >= 0.6 is 0 Å². The van der Waals surface area contributed by atoms with Crippen LogP contribution in [0.15, 0.2) is 29.2 Å². The van der Waals surface area contributed by atoms with Crippen molar-refractivity contribution in [1.82, 2.24) is 4.72 Å². The summed E-state index contributed by atoms with van der Waals surface area (Å²) in [7, 11) is -2.32. The van der Waals surface area contributed by atoms with Gasteiger partial charge in [0.1, 0.15) is 10.6 Å². The lowest BCUT2D eigenvalue weighted by atomic mass is 9.96. The molecule has 1 aliphatic rings. The van der Waals surface area contributed by atoms with E-state index in [1.807, 2.05) is 0 Å². The second kappa shape index (κ2) is 7.61. The number of methoxy groups -OCH3 is 1. The minimum Gasteiger partial charge on any atom is -0.495 e. The number of hydrogen-bond donors (Lipinski definition) is 2. The Morgan fingerprint density at radius 2 is 2.00 bits per heavy atom. The van der Waals surface area contributed by atoms with Gasteiger partial charge < -0.3 is 9.84 Å². The van der Waals surface area contributed by atoms with Gasteiger partial charge in [-0.2, -0.15) is 0 Å². The zero-order chi connectivity index (χ0) is 16.9. The molecule has 2 rings (SSSR count). The fourth-order valence-electron chi connectivity index (χ4n) is 2.68. The quantitative estimate of drug-likeness (QED) is 0.776. The molecule has 126 valence electrons. The van der Waals surface area contributed by atoms with Gasteiger partial charge in [-0.25, -0.2) is 17.9 Å². The Balaban J connectivity index is 2.30. The molecule has 7 heteroatoms. The van der Waals surface area contributed by atoms with Crippen molar-refractivity contribution < 1.29 is 23.1 Å². The van der Waals surface area contributed by atoms with Gasteiger partial charge in [-0.05, 0) is 36.6 Å². The predicted molar refractivity (Wildman–Crippen MR) is 86.9 cm³/mol. The number of rotatable bonds is 6. The number of carboxylic acid groups (broad SMARTS) is 1. The minimum atomic E-state index is -3.72. The molecule has 1 aliphatic carbocycles. The fraction of sp³-hybridized carbons (Fsp3) is 0.438. The number of benzene rings is 1. The number of ether oxygens (including phenoxy) is 1. The van der Waals surface area contributed by atoms with Crippen molar-refractivity contribution in [3.05, 3.63) is 29.8 Å². The molecule has 23 heavy (non-hydrogen) atoms. The van der Waals surface area contributed by atoms with Crippen molar-refractivity contribution in [2.45, 2.75) is 43.0 Å². The third-order valence-corrected chi connectivity index (χ3v) is 5.36. The molecular weight excluding hydrogens is 318 g/mol. The van der Waals surface area contributed by atoms with Crippen LogP contribution in [-0.4, -0.2) is 32.6 Å². The highest BCUT2D eigenvalue weighted by atomic mass is 32.2. The molecule has 1 aromatic carbocycles. The van der Waals surface area contributed by atoms with Crippen LogP contribution in [0.2, 0.25) is 0 Å². The number of sulfonamides is 1. The minimum absolute atomic E-state index is 0.0260. The normalized spacial score (nSPS) is 16.6. The van der Waals surface area contributed by atoms with Gasteiger partial charge >= 0.3 is 5.97 Å². The standard InChI is InChI=1S/C16H21NO5S/c1-22-14-9-7-12(8-10-16(18)19)11-15(14)23(20,21)17-13-5-3-2-4-6-13/h7-11,13,17H,2-6H2,1H3,(H,18,19)/b10-8+. The molecule has 1 fully saturated rings. The van der Waals surface area contributed by atoms with Crippen LogP contribution in [0, 0.1) is 0 Å². The van der Waals surface area contributed by atoms with Crippen LogP contribution in [0.3, 0.4) is 0 Å². The first-order chi connectivity index (χ1) is 10.9. The number of aliphatic carboxylic acids is 1. The lowest BCUT2D eigenvalue weighted by Gasteiger charge is -2.23. The molecule has 0 saturated heterocycles. The predicted octanol–water partition coefficient (Wildman–Crippen LogP) is 2.40. The van der Waals surface area contributed by atoms with Crippen molar-refractivity contribution in [2.75, 3.05) is 7.11 Å². The molecule has 2 N–H and O–H groups in total. The summed E-state index contributed by atoms with van der Waals surface area (Å²) in [6.07, 6.45) is 7.16. The first-order valence-corrected chi connectivity index (χ1v) is 9.02. The smallest absolute Gasteiger partial charge is 0.328 e. The van der Waals surface area contributed by atoms with E-state index in [1.165, 1.54) is 25.3 Å². The first-order valence-electron chi connectivity index (χ1n) is 7.54. The molecule has 0 spiro atoms. The van der Waals surface area contributed by atoms with Crippen LogP contribution in [0.4, 0.5) is 0 Å². The van der Waals surface area contributed by atoms with Gasteiger partial charge in [0.2, 0.25) is 10.0 Å². The van der Waals surface area contributed by atoms with E-state index in [0.29, 0.717) is 5.56 Å². The van der Waals surface area contributed by atoms with E-state index in [1.54, 1.807) is 6.07 Å². The zero-order valence-electron chi connectivity index (χ0n) is 13.0. The second-order valence-corrected chi connectivity index (χ2v) is 7.22. The van der Waals surface area contributed by atoms with Crippen LogP contribution in [0.1, 0.15) is 37.7 Å². The average molecular weight is 339 g/mol. The number of nitrogens with one attached hydrogen (secondary N) is 1. The van der Waals surface area contributed by atoms with Crippen molar-refractivity contribution in [1.29, 1.82) is 0 Å². The molecule has 0 amide bonds. The van der Waals surface area contributed by atoms with Gasteiger partial charge in [-0.3, -0.25) is 0 Å². The Morgan fingerprint density at radius 1 is 1.30 bits per heavy atom. The van der Waals surface area contributed by atoms with Gasteiger partial charge in [0.15, 0.2) is 0 Å². The summed E-state index contributed by atoms with van der Waals surface area (Å²) in [5, 5.41) is 8.68. The second-order valence-electron chi connectivity index (χ2n) is 5.54. The SMILES string of the molecule is COc1ccc(/C=C/C(=O)O)cc1S(=O)(=O)NC1CCCCC1. The third-order valence-electron chi connectivity index (χ3n) is 3.82. The summed E-state index contributed by atoms with van der Waals surface area (Å²) < 4.78 is 33.1. The molecule has 1 aromatic rings. The number of carbonyl (C=O) groups is 1. The van der Waals surface area contributed by atoms with Crippen molar-refractivity contribution in [3.63, 3.8) is 0 Å². The van der Waals surface area contributed by atoms with E-state index in [4.69, 9.17) is 9.84 Å². The first kappa shape index (κ1) is 17.5. The summed E-state index contributed by atoms with van der Waals surface area (Å²) in [4.78, 5) is 10.6. The van der Waals surface area contributed by atoms with E-state index in [9.17, 15) is 13.2 Å². The Kier molecular flexibility index (Phi) is 5.79. The maximum atomic E-state index is 12.6. The summed E-state index contributed by atoms with van der Waals surface area (Å²) in [6, 6.07) is 4.50. The third kappa shape index (κ3) is 4.80. The topological polar surface area (TPSA) is 92.7 Å². The molecule has 0 heterocycles. The lowest BCUT2D eigenvalue weighted by molar-refractivity contribution is -0.131. The van der Waals surface area contributed by atoms with Gasteiger partial charge in [-0.15, -0.1) is 0 Å². The number of hydrogen-bond acceptors (Lipinski definition) is 4. The van der Waals surface area contributed by atoms with Gasteiger partial charge in [0, 0.05) is 12.1 Å². The van der Waals surface area contributed by atoms with E-state index in [-0.39, 0.29) is 16.7 Å². The fourth-order valence-corrected chi connectivity index (χ4v) is 4.19. The van der Waals surface area contributed by atoms with Crippen LogP contribution in [0.5, 0.6) is 5.75 Å². The molecule has 0 unspecified atom stereocenters. The maximum absolute atomic E-state index is 12.6. The summed E-state index contributed by atoms with van der Waals surface area (Å²) in [5.41, 5.74) is 0.484.